The lowest BCUT2D eigenvalue weighted by atomic mass is 10.1. The van der Waals surface area contributed by atoms with Gasteiger partial charge >= 0.3 is 6.61 Å². The van der Waals surface area contributed by atoms with Gasteiger partial charge in [0.05, 0.1) is 11.6 Å². The molecule has 0 saturated carbocycles. The van der Waals surface area contributed by atoms with Gasteiger partial charge in [-0.15, -0.1) is 0 Å². The predicted octanol–water partition coefficient (Wildman–Crippen LogP) is 1.59. The van der Waals surface area contributed by atoms with Gasteiger partial charge < -0.3 is 20.3 Å². The van der Waals surface area contributed by atoms with E-state index in [0.29, 0.717) is 18.8 Å². The van der Waals surface area contributed by atoms with E-state index in [1.54, 1.807) is 18.2 Å². The van der Waals surface area contributed by atoms with Gasteiger partial charge in [0.25, 0.3) is 0 Å². The molecule has 126 valence electrons. The fraction of sp³-hybridized carbons (Fsp3) is 0.562. The molecular formula is C16H21F2N3O2. The van der Waals surface area contributed by atoms with E-state index in [9.17, 15) is 13.6 Å². The van der Waals surface area contributed by atoms with Gasteiger partial charge in [-0.05, 0) is 31.5 Å². The van der Waals surface area contributed by atoms with Crippen molar-refractivity contribution in [1.82, 2.24) is 10.6 Å². The van der Waals surface area contributed by atoms with Crippen LogP contribution in [0.15, 0.2) is 24.3 Å². The normalized spacial score (nSPS) is 24.2. The first-order valence-electron chi connectivity index (χ1n) is 7.93. The van der Waals surface area contributed by atoms with Crippen LogP contribution in [0.25, 0.3) is 0 Å². The van der Waals surface area contributed by atoms with E-state index in [1.165, 1.54) is 6.07 Å². The molecule has 23 heavy (non-hydrogen) atoms. The van der Waals surface area contributed by atoms with Gasteiger partial charge in [0.15, 0.2) is 0 Å². The number of carbonyl (C=O) groups excluding carboxylic acids is 1. The number of benzene rings is 1. The predicted molar refractivity (Wildman–Crippen MR) is 82.8 cm³/mol. The molecule has 2 saturated heterocycles. The Labute approximate surface area is 134 Å². The van der Waals surface area contributed by atoms with Crippen LogP contribution in [0, 0.1) is 5.92 Å². The number of rotatable bonds is 5. The summed E-state index contributed by atoms with van der Waals surface area (Å²) in [6.07, 6.45) is 1.67. The second kappa shape index (κ2) is 7.12. The molecule has 2 unspecified atom stereocenters. The highest BCUT2D eigenvalue weighted by Gasteiger charge is 2.29. The number of nitrogens with one attached hydrogen (secondary N) is 2. The van der Waals surface area contributed by atoms with Crippen LogP contribution in [-0.2, 0) is 4.79 Å². The zero-order chi connectivity index (χ0) is 16.2. The number of nitrogens with zero attached hydrogens (tertiary/aromatic N) is 1. The Morgan fingerprint density at radius 1 is 1.35 bits per heavy atom. The molecule has 2 N–H and O–H groups in total. The number of ether oxygens (including phenoxy) is 1. The number of hydrogen-bond donors (Lipinski definition) is 2. The summed E-state index contributed by atoms with van der Waals surface area (Å²) in [5.74, 6) is 0.298. The number of anilines is 1. The van der Waals surface area contributed by atoms with Crippen molar-refractivity contribution in [1.29, 1.82) is 0 Å². The lowest BCUT2D eigenvalue weighted by Gasteiger charge is -2.22. The van der Waals surface area contributed by atoms with Crippen LogP contribution in [-0.4, -0.2) is 44.7 Å². The maximum Gasteiger partial charge on any atom is 0.387 e. The van der Waals surface area contributed by atoms with Gasteiger partial charge in [0.1, 0.15) is 5.75 Å². The second-order valence-electron chi connectivity index (χ2n) is 5.98. The highest BCUT2D eigenvalue weighted by Crippen LogP contribution is 2.31. The van der Waals surface area contributed by atoms with Gasteiger partial charge in [-0.2, -0.15) is 8.78 Å². The third-order valence-electron chi connectivity index (χ3n) is 4.39. The van der Waals surface area contributed by atoms with Gasteiger partial charge in [-0.3, -0.25) is 4.79 Å². The highest BCUT2D eigenvalue weighted by atomic mass is 19.3. The number of halogens is 2. The minimum absolute atomic E-state index is 0.0403. The molecule has 5 nitrogen and oxygen atoms in total. The molecule has 7 heteroatoms. The van der Waals surface area contributed by atoms with Crippen molar-refractivity contribution in [2.75, 3.05) is 31.1 Å². The first-order chi connectivity index (χ1) is 11.1. The summed E-state index contributed by atoms with van der Waals surface area (Å²) in [5.41, 5.74) is 0.645. The number of amides is 1. The number of para-hydroxylation sites is 2. The quantitative estimate of drug-likeness (QED) is 0.863. The minimum Gasteiger partial charge on any atom is -0.433 e. The molecule has 2 heterocycles. The molecule has 1 aromatic rings. The average Bonchev–Trinajstić information content (AvgIpc) is 3.18. The molecule has 2 aliphatic rings. The number of hydrogen-bond acceptors (Lipinski definition) is 4. The zero-order valence-corrected chi connectivity index (χ0v) is 12.8. The summed E-state index contributed by atoms with van der Waals surface area (Å²) < 4.78 is 29.6. The molecule has 0 spiro atoms. The smallest absolute Gasteiger partial charge is 0.387 e. The van der Waals surface area contributed by atoms with Crippen LogP contribution < -0.4 is 20.3 Å². The Morgan fingerprint density at radius 2 is 2.17 bits per heavy atom. The van der Waals surface area contributed by atoms with Crippen molar-refractivity contribution in [3.05, 3.63) is 24.3 Å². The molecule has 0 aliphatic carbocycles. The molecule has 2 atom stereocenters. The molecule has 0 radical (unpaired) electrons. The van der Waals surface area contributed by atoms with Crippen molar-refractivity contribution < 1.29 is 18.3 Å². The summed E-state index contributed by atoms with van der Waals surface area (Å²) in [5, 5.41) is 6.25. The maximum absolute atomic E-state index is 12.5. The summed E-state index contributed by atoms with van der Waals surface area (Å²) >= 11 is 0. The molecule has 0 aromatic heterocycles. The van der Waals surface area contributed by atoms with E-state index in [2.05, 4.69) is 15.4 Å². The van der Waals surface area contributed by atoms with E-state index >= 15 is 0 Å². The van der Waals surface area contributed by atoms with Gasteiger partial charge in [-0.25, -0.2) is 0 Å². The summed E-state index contributed by atoms with van der Waals surface area (Å²) in [6.45, 7) is 0.0807. The lowest BCUT2D eigenvalue weighted by molar-refractivity contribution is -0.125. The summed E-state index contributed by atoms with van der Waals surface area (Å²) in [6, 6.07) is 6.82. The van der Waals surface area contributed by atoms with Crippen LogP contribution in [0.2, 0.25) is 0 Å². The molecule has 2 fully saturated rings. The fourth-order valence-electron chi connectivity index (χ4n) is 3.21. The Balaban J connectivity index is 1.60. The molecule has 0 bridgehead atoms. The topological polar surface area (TPSA) is 53.6 Å². The fourth-order valence-corrected chi connectivity index (χ4v) is 3.21. The van der Waals surface area contributed by atoms with Crippen LogP contribution in [0.1, 0.15) is 12.8 Å². The Hall–Kier alpha value is -1.89. The Kier molecular flexibility index (Phi) is 4.95. The third kappa shape index (κ3) is 3.90. The standard InChI is InChI=1S/C16H21F2N3O2/c17-16(18)23-14-4-2-1-3-13(14)21-8-6-12(10-21)20-15(22)11-5-7-19-9-11/h1-4,11-12,16,19H,5-10H2,(H,20,22). The van der Waals surface area contributed by atoms with Crippen LogP contribution in [0.5, 0.6) is 5.75 Å². The third-order valence-corrected chi connectivity index (χ3v) is 4.39. The Bertz CT molecular complexity index is 550. The number of carbonyl (C=O) groups is 1. The van der Waals surface area contributed by atoms with E-state index in [4.69, 9.17) is 0 Å². The first kappa shape index (κ1) is 16.0. The molecule has 3 rings (SSSR count). The highest BCUT2D eigenvalue weighted by molar-refractivity contribution is 5.79. The van der Waals surface area contributed by atoms with E-state index in [1.807, 2.05) is 4.90 Å². The minimum atomic E-state index is -2.84. The molecular weight excluding hydrogens is 304 g/mol. The second-order valence-corrected chi connectivity index (χ2v) is 5.98. The van der Waals surface area contributed by atoms with Crippen molar-refractivity contribution in [2.24, 2.45) is 5.92 Å². The van der Waals surface area contributed by atoms with Gasteiger partial charge in [0, 0.05) is 25.7 Å². The van der Waals surface area contributed by atoms with Gasteiger partial charge in [0.2, 0.25) is 5.91 Å². The van der Waals surface area contributed by atoms with Gasteiger partial charge in [-0.1, -0.05) is 12.1 Å². The van der Waals surface area contributed by atoms with Crippen molar-refractivity contribution in [3.63, 3.8) is 0 Å². The van der Waals surface area contributed by atoms with Crippen molar-refractivity contribution >= 4 is 11.6 Å². The molecule has 1 amide bonds. The lowest BCUT2D eigenvalue weighted by Crippen LogP contribution is -2.41. The van der Waals surface area contributed by atoms with Crippen molar-refractivity contribution in [2.45, 2.75) is 25.5 Å². The molecule has 2 aliphatic heterocycles. The maximum atomic E-state index is 12.5. The van der Waals surface area contributed by atoms with Crippen molar-refractivity contribution in [3.8, 4) is 5.75 Å². The van der Waals surface area contributed by atoms with Crippen LogP contribution in [0.4, 0.5) is 14.5 Å². The zero-order valence-electron chi connectivity index (χ0n) is 12.8. The van der Waals surface area contributed by atoms with E-state index < -0.39 is 6.61 Å². The molecule has 1 aromatic carbocycles. The Morgan fingerprint density at radius 3 is 2.91 bits per heavy atom. The SMILES string of the molecule is O=C(NC1CCN(c2ccccc2OC(F)F)C1)C1CCNC1. The average molecular weight is 325 g/mol. The number of alkyl halides is 2. The largest absolute Gasteiger partial charge is 0.433 e. The van der Waals surface area contributed by atoms with Crippen LogP contribution >= 0.6 is 0 Å². The van der Waals surface area contributed by atoms with E-state index in [-0.39, 0.29) is 23.6 Å². The summed E-state index contributed by atoms with van der Waals surface area (Å²) in [7, 11) is 0. The summed E-state index contributed by atoms with van der Waals surface area (Å²) in [4.78, 5) is 14.1. The van der Waals surface area contributed by atoms with E-state index in [0.717, 1.165) is 25.9 Å². The first-order valence-corrected chi connectivity index (χ1v) is 7.93. The van der Waals surface area contributed by atoms with Crippen LogP contribution in [0.3, 0.4) is 0 Å². The monoisotopic (exact) mass is 325 g/mol.